The first kappa shape index (κ1) is 12.5. The number of carbonyl (C=O) groups excluding carboxylic acids is 1. The van der Waals surface area contributed by atoms with Crippen molar-refractivity contribution in [3.8, 4) is 0 Å². The summed E-state index contributed by atoms with van der Waals surface area (Å²) in [5, 5.41) is 6.49. The largest absolute Gasteiger partial charge is 0.385 e. The van der Waals surface area contributed by atoms with Gasteiger partial charge in [-0.2, -0.15) is 0 Å². The normalized spacial score (nSPS) is 25.5. The van der Waals surface area contributed by atoms with Gasteiger partial charge in [0.15, 0.2) is 0 Å². The van der Waals surface area contributed by atoms with Crippen LogP contribution in [0.2, 0.25) is 0 Å². The van der Waals surface area contributed by atoms with Gasteiger partial charge in [0.25, 0.3) is 5.91 Å². The van der Waals surface area contributed by atoms with E-state index >= 15 is 0 Å². The third-order valence-corrected chi connectivity index (χ3v) is 3.97. The highest BCUT2D eigenvalue weighted by Crippen LogP contribution is 2.26. The van der Waals surface area contributed by atoms with Crippen molar-refractivity contribution >= 4 is 11.6 Å². The van der Waals surface area contributed by atoms with E-state index in [2.05, 4.69) is 10.6 Å². The number of hydrogen-bond donors (Lipinski definition) is 2. The summed E-state index contributed by atoms with van der Waals surface area (Å²) in [5.41, 5.74) is 2.83. The number of hydrogen-bond acceptors (Lipinski definition) is 3. The predicted octanol–water partition coefficient (Wildman–Crippen LogP) is 1.95. The molecule has 1 saturated heterocycles. The summed E-state index contributed by atoms with van der Waals surface area (Å²) in [6, 6.07) is 5.91. The number of nitrogens with one attached hydrogen (secondary N) is 2. The van der Waals surface area contributed by atoms with Gasteiger partial charge in [0.2, 0.25) is 0 Å². The molecular formula is C15H20N2O2. The number of fused-ring (bicyclic) bond motifs is 1. The Labute approximate surface area is 113 Å². The molecule has 3 rings (SSSR count). The predicted molar refractivity (Wildman–Crippen MR) is 74.6 cm³/mol. The molecular weight excluding hydrogens is 240 g/mol. The highest BCUT2D eigenvalue weighted by atomic mass is 16.5. The van der Waals surface area contributed by atoms with Crippen LogP contribution in [-0.2, 0) is 11.2 Å². The highest BCUT2D eigenvalue weighted by molar-refractivity contribution is 5.97. The van der Waals surface area contributed by atoms with E-state index in [1.807, 2.05) is 25.1 Å². The summed E-state index contributed by atoms with van der Waals surface area (Å²) >= 11 is 0. The highest BCUT2D eigenvalue weighted by Gasteiger charge is 2.32. The average molecular weight is 260 g/mol. The lowest BCUT2D eigenvalue weighted by atomic mass is 9.95. The fourth-order valence-electron chi connectivity index (χ4n) is 2.83. The van der Waals surface area contributed by atoms with Gasteiger partial charge in [0, 0.05) is 24.4 Å². The molecule has 2 N–H and O–H groups in total. The first-order valence-corrected chi connectivity index (χ1v) is 6.94. The van der Waals surface area contributed by atoms with Gasteiger partial charge in [0.1, 0.15) is 0 Å². The van der Waals surface area contributed by atoms with Crippen LogP contribution >= 0.6 is 0 Å². The Bertz CT molecular complexity index is 493. The Morgan fingerprint density at radius 2 is 2.37 bits per heavy atom. The third kappa shape index (κ3) is 2.45. The van der Waals surface area contributed by atoms with Crippen LogP contribution < -0.4 is 10.6 Å². The van der Waals surface area contributed by atoms with Gasteiger partial charge < -0.3 is 15.4 Å². The molecule has 4 heteroatoms. The maximum absolute atomic E-state index is 12.5. The van der Waals surface area contributed by atoms with E-state index < -0.39 is 0 Å². The molecule has 0 radical (unpaired) electrons. The van der Waals surface area contributed by atoms with Gasteiger partial charge in [-0.1, -0.05) is 6.07 Å². The molecule has 0 bridgehead atoms. The minimum Gasteiger partial charge on any atom is -0.385 e. The molecule has 2 aliphatic heterocycles. The van der Waals surface area contributed by atoms with Crippen molar-refractivity contribution in [3.63, 3.8) is 0 Å². The number of ether oxygens (including phenoxy) is 1. The first-order valence-electron chi connectivity index (χ1n) is 6.94. The van der Waals surface area contributed by atoms with Crippen molar-refractivity contribution in [2.24, 2.45) is 0 Å². The Morgan fingerprint density at radius 3 is 3.16 bits per heavy atom. The molecule has 4 nitrogen and oxygen atoms in total. The van der Waals surface area contributed by atoms with Crippen LogP contribution in [0, 0.1) is 0 Å². The van der Waals surface area contributed by atoms with Gasteiger partial charge in [0.05, 0.1) is 12.1 Å². The van der Waals surface area contributed by atoms with E-state index in [0.29, 0.717) is 6.61 Å². The van der Waals surface area contributed by atoms with Gasteiger partial charge in [-0.05, 0) is 43.9 Å². The fourth-order valence-corrected chi connectivity index (χ4v) is 2.83. The van der Waals surface area contributed by atoms with E-state index in [-0.39, 0.29) is 11.4 Å². The summed E-state index contributed by atoms with van der Waals surface area (Å²) in [6.45, 7) is 4.37. The molecule has 0 aliphatic carbocycles. The van der Waals surface area contributed by atoms with Crippen molar-refractivity contribution in [3.05, 3.63) is 29.3 Å². The fraction of sp³-hybridized carbons (Fsp3) is 0.533. The Balaban J connectivity index is 1.83. The van der Waals surface area contributed by atoms with Crippen molar-refractivity contribution in [1.82, 2.24) is 5.32 Å². The monoisotopic (exact) mass is 260 g/mol. The van der Waals surface area contributed by atoms with Gasteiger partial charge in [-0.3, -0.25) is 4.79 Å². The zero-order valence-electron chi connectivity index (χ0n) is 11.3. The summed E-state index contributed by atoms with van der Waals surface area (Å²) < 4.78 is 5.38. The molecule has 19 heavy (non-hydrogen) atoms. The van der Waals surface area contributed by atoms with Crippen molar-refractivity contribution in [2.75, 3.05) is 25.1 Å². The van der Waals surface area contributed by atoms with Gasteiger partial charge >= 0.3 is 0 Å². The molecule has 1 aromatic carbocycles. The van der Waals surface area contributed by atoms with Gasteiger partial charge in [-0.15, -0.1) is 0 Å². The van der Waals surface area contributed by atoms with Crippen LogP contribution in [0.5, 0.6) is 0 Å². The van der Waals surface area contributed by atoms with Crippen LogP contribution in [0.25, 0.3) is 0 Å². The molecule has 1 amide bonds. The van der Waals surface area contributed by atoms with Crippen LogP contribution in [0.15, 0.2) is 18.2 Å². The van der Waals surface area contributed by atoms with Crippen molar-refractivity contribution in [2.45, 2.75) is 31.7 Å². The summed E-state index contributed by atoms with van der Waals surface area (Å²) in [4.78, 5) is 12.5. The maximum Gasteiger partial charge on any atom is 0.252 e. The molecule has 1 unspecified atom stereocenters. The zero-order chi connectivity index (χ0) is 13.3. The van der Waals surface area contributed by atoms with Crippen LogP contribution in [0.1, 0.15) is 35.7 Å². The van der Waals surface area contributed by atoms with E-state index in [1.165, 1.54) is 0 Å². The second-order valence-corrected chi connectivity index (χ2v) is 5.68. The van der Waals surface area contributed by atoms with Crippen molar-refractivity contribution in [1.29, 1.82) is 0 Å². The number of rotatable bonds is 2. The number of carbonyl (C=O) groups is 1. The zero-order valence-corrected chi connectivity index (χ0v) is 11.3. The number of anilines is 1. The van der Waals surface area contributed by atoms with Crippen LogP contribution in [-0.4, -0.2) is 31.2 Å². The molecule has 0 spiro atoms. The van der Waals surface area contributed by atoms with E-state index in [0.717, 1.165) is 49.2 Å². The third-order valence-electron chi connectivity index (χ3n) is 3.97. The lowest BCUT2D eigenvalue weighted by molar-refractivity contribution is 0.0889. The maximum atomic E-state index is 12.5. The van der Waals surface area contributed by atoms with E-state index in [9.17, 15) is 4.79 Å². The first-order chi connectivity index (χ1) is 9.18. The topological polar surface area (TPSA) is 50.4 Å². The van der Waals surface area contributed by atoms with Gasteiger partial charge in [-0.25, -0.2) is 0 Å². The summed E-state index contributed by atoms with van der Waals surface area (Å²) in [6.07, 6.45) is 2.93. The number of amides is 1. The van der Waals surface area contributed by atoms with Crippen LogP contribution in [0.4, 0.5) is 5.69 Å². The smallest absolute Gasteiger partial charge is 0.252 e. The van der Waals surface area contributed by atoms with Crippen molar-refractivity contribution < 1.29 is 9.53 Å². The molecule has 1 aromatic rings. The molecule has 0 saturated carbocycles. The molecule has 1 atom stereocenters. The summed E-state index contributed by atoms with van der Waals surface area (Å²) in [5.74, 6) is 0.0218. The van der Waals surface area contributed by atoms with E-state index in [4.69, 9.17) is 4.74 Å². The molecule has 0 aromatic heterocycles. The van der Waals surface area contributed by atoms with E-state index in [1.54, 1.807) is 0 Å². The summed E-state index contributed by atoms with van der Waals surface area (Å²) in [7, 11) is 0. The lowest BCUT2D eigenvalue weighted by Crippen LogP contribution is -2.46. The SMILES string of the molecule is CC1(NC(=O)c2cccc3c2CCCN3)CCOC1. The average Bonchev–Trinajstić information content (AvgIpc) is 2.84. The quantitative estimate of drug-likeness (QED) is 0.854. The Hall–Kier alpha value is -1.55. The minimum absolute atomic E-state index is 0.0218. The lowest BCUT2D eigenvalue weighted by Gasteiger charge is -2.26. The second-order valence-electron chi connectivity index (χ2n) is 5.68. The van der Waals surface area contributed by atoms with Crippen LogP contribution in [0.3, 0.4) is 0 Å². The Morgan fingerprint density at radius 1 is 1.47 bits per heavy atom. The molecule has 1 fully saturated rings. The molecule has 102 valence electrons. The second kappa shape index (κ2) is 4.85. The minimum atomic E-state index is -0.220. The Kier molecular flexibility index (Phi) is 3.19. The standard InChI is InChI=1S/C15H20N2O2/c1-15(7-9-19-10-15)17-14(18)12-4-2-6-13-11(12)5-3-8-16-13/h2,4,6,16H,3,5,7-10H2,1H3,(H,17,18). The molecule has 2 heterocycles. The molecule has 2 aliphatic rings. The number of benzene rings is 1.